The van der Waals surface area contributed by atoms with E-state index in [0.717, 1.165) is 12.2 Å². The van der Waals surface area contributed by atoms with Crippen LogP contribution in [0.15, 0.2) is 36.4 Å². The number of benzene rings is 1. The zero-order valence-electron chi connectivity index (χ0n) is 15.1. The monoisotopic (exact) mass is 366 g/mol. The molecule has 1 N–H and O–H groups in total. The molecule has 2 bridgehead atoms. The second kappa shape index (κ2) is 5.94. The summed E-state index contributed by atoms with van der Waals surface area (Å²) in [5.41, 5.74) is 0.614. The topological polar surface area (TPSA) is 75.7 Å². The van der Waals surface area contributed by atoms with E-state index in [9.17, 15) is 14.4 Å². The van der Waals surface area contributed by atoms with Gasteiger partial charge in [-0.2, -0.15) is 0 Å². The van der Waals surface area contributed by atoms with Crippen LogP contribution in [0, 0.1) is 35.5 Å². The standard InChI is InChI=1S/C21H22N2O4/c1-2-27-12-5-3-11(4-6-12)22-17(24)10-23-20(25)18-13-7-8-14(16-9-15(13)16)19(18)21(23)26/h3-8,13-16,18-19H,2,9-10H2,1H3,(H,22,24). The van der Waals surface area contributed by atoms with Crippen molar-refractivity contribution in [3.8, 4) is 5.75 Å². The van der Waals surface area contributed by atoms with Crippen molar-refractivity contribution >= 4 is 23.4 Å². The molecule has 6 unspecified atom stereocenters. The van der Waals surface area contributed by atoms with E-state index in [4.69, 9.17) is 4.74 Å². The Morgan fingerprint density at radius 3 is 2.22 bits per heavy atom. The molecule has 6 nitrogen and oxygen atoms in total. The maximum absolute atomic E-state index is 12.9. The zero-order chi connectivity index (χ0) is 18.7. The summed E-state index contributed by atoms with van der Waals surface area (Å²) in [5.74, 6) is 1.01. The summed E-state index contributed by atoms with van der Waals surface area (Å²) in [6.45, 7) is 2.26. The third-order valence-electron chi connectivity index (χ3n) is 6.50. The molecule has 2 saturated carbocycles. The SMILES string of the molecule is CCOc1ccc(NC(=O)CN2C(=O)C3C4C=CC(C5CC45)C3C2=O)cc1. The van der Waals surface area contributed by atoms with Crippen LogP contribution >= 0.6 is 0 Å². The number of nitrogens with one attached hydrogen (secondary N) is 1. The van der Waals surface area contributed by atoms with Gasteiger partial charge in [0, 0.05) is 5.69 Å². The first-order valence-electron chi connectivity index (χ1n) is 9.64. The molecule has 5 aliphatic rings. The fraction of sp³-hybridized carbons (Fsp3) is 0.476. The number of imide groups is 1. The average molecular weight is 366 g/mol. The van der Waals surface area contributed by atoms with E-state index >= 15 is 0 Å². The minimum Gasteiger partial charge on any atom is -0.494 e. The number of allylic oxidation sites excluding steroid dienone is 2. The fourth-order valence-electron chi connectivity index (χ4n) is 5.32. The Morgan fingerprint density at radius 2 is 1.67 bits per heavy atom. The van der Waals surface area contributed by atoms with Crippen LogP contribution in [0.5, 0.6) is 5.75 Å². The lowest BCUT2D eigenvalue weighted by molar-refractivity contribution is -0.142. The third-order valence-corrected chi connectivity index (χ3v) is 6.50. The molecule has 6 heteroatoms. The van der Waals surface area contributed by atoms with E-state index in [1.807, 2.05) is 6.92 Å². The van der Waals surface area contributed by atoms with Crippen molar-refractivity contribution in [3.05, 3.63) is 36.4 Å². The number of carbonyl (C=O) groups is 3. The minimum absolute atomic E-state index is 0.170. The third kappa shape index (κ3) is 2.50. The van der Waals surface area contributed by atoms with Gasteiger partial charge in [0.1, 0.15) is 12.3 Å². The summed E-state index contributed by atoms with van der Waals surface area (Å²) in [6.07, 6.45) is 5.40. The van der Waals surface area contributed by atoms with Crippen LogP contribution in [0.2, 0.25) is 0 Å². The molecule has 4 aliphatic carbocycles. The number of likely N-dealkylation sites (tertiary alicyclic amines) is 1. The van der Waals surface area contributed by atoms with Crippen LogP contribution in [-0.2, 0) is 14.4 Å². The second-order valence-corrected chi connectivity index (χ2v) is 7.92. The Kier molecular flexibility index (Phi) is 3.64. The second-order valence-electron chi connectivity index (χ2n) is 7.92. The molecule has 6 rings (SSSR count). The van der Waals surface area contributed by atoms with E-state index in [2.05, 4.69) is 17.5 Å². The summed E-state index contributed by atoms with van der Waals surface area (Å²) in [7, 11) is 0. The highest BCUT2D eigenvalue weighted by Crippen LogP contribution is 2.65. The van der Waals surface area contributed by atoms with Crippen molar-refractivity contribution in [2.75, 3.05) is 18.5 Å². The predicted molar refractivity (Wildman–Crippen MR) is 97.7 cm³/mol. The molecule has 3 fully saturated rings. The number of hydrogen-bond acceptors (Lipinski definition) is 4. The Balaban J connectivity index is 1.27. The summed E-state index contributed by atoms with van der Waals surface area (Å²) in [5, 5.41) is 2.76. The minimum atomic E-state index is -0.357. The first-order valence-corrected chi connectivity index (χ1v) is 9.64. The molecule has 1 aliphatic heterocycles. The van der Waals surface area contributed by atoms with Crippen LogP contribution in [0.25, 0.3) is 0 Å². The van der Waals surface area contributed by atoms with Gasteiger partial charge in [-0.25, -0.2) is 0 Å². The number of amides is 3. The quantitative estimate of drug-likeness (QED) is 0.639. The molecule has 1 heterocycles. The summed E-state index contributed by atoms with van der Waals surface area (Å²) < 4.78 is 5.38. The highest BCUT2D eigenvalue weighted by atomic mass is 16.5. The molecule has 1 saturated heterocycles. The number of ether oxygens (including phenoxy) is 1. The van der Waals surface area contributed by atoms with Crippen molar-refractivity contribution < 1.29 is 19.1 Å². The zero-order valence-corrected chi connectivity index (χ0v) is 15.1. The van der Waals surface area contributed by atoms with Gasteiger partial charge in [0.25, 0.3) is 0 Å². The number of hydrogen-bond donors (Lipinski definition) is 1. The van der Waals surface area contributed by atoms with Gasteiger partial charge in [-0.3, -0.25) is 19.3 Å². The first kappa shape index (κ1) is 16.5. The van der Waals surface area contributed by atoms with Crippen LogP contribution < -0.4 is 10.1 Å². The highest BCUT2D eigenvalue weighted by molar-refractivity contribution is 6.09. The van der Waals surface area contributed by atoms with Crippen molar-refractivity contribution in [1.29, 1.82) is 0 Å². The maximum Gasteiger partial charge on any atom is 0.244 e. The largest absolute Gasteiger partial charge is 0.494 e. The van der Waals surface area contributed by atoms with Gasteiger partial charge in [0.15, 0.2) is 0 Å². The van der Waals surface area contributed by atoms with Crippen LogP contribution in [0.4, 0.5) is 5.69 Å². The van der Waals surface area contributed by atoms with Gasteiger partial charge in [-0.15, -0.1) is 0 Å². The number of anilines is 1. The van der Waals surface area contributed by atoms with Crippen LogP contribution in [-0.4, -0.2) is 35.8 Å². The molecule has 0 radical (unpaired) electrons. The number of rotatable bonds is 5. The molecule has 140 valence electrons. The van der Waals surface area contributed by atoms with Crippen molar-refractivity contribution in [2.24, 2.45) is 35.5 Å². The van der Waals surface area contributed by atoms with Crippen molar-refractivity contribution in [3.63, 3.8) is 0 Å². The number of carbonyl (C=O) groups excluding carboxylic acids is 3. The van der Waals surface area contributed by atoms with E-state index < -0.39 is 0 Å². The summed E-state index contributed by atoms with van der Waals surface area (Å²) >= 11 is 0. The van der Waals surface area contributed by atoms with Gasteiger partial charge in [0.2, 0.25) is 17.7 Å². The van der Waals surface area contributed by atoms with E-state index in [1.54, 1.807) is 24.3 Å². The molecule has 3 amide bonds. The van der Waals surface area contributed by atoms with Gasteiger partial charge < -0.3 is 10.1 Å². The molecule has 27 heavy (non-hydrogen) atoms. The fourth-order valence-corrected chi connectivity index (χ4v) is 5.32. The molecular weight excluding hydrogens is 344 g/mol. The first-order chi connectivity index (χ1) is 13.1. The maximum atomic E-state index is 12.9. The van der Waals surface area contributed by atoms with Gasteiger partial charge in [-0.1, -0.05) is 12.2 Å². The van der Waals surface area contributed by atoms with Crippen molar-refractivity contribution in [1.82, 2.24) is 4.90 Å². The smallest absolute Gasteiger partial charge is 0.244 e. The van der Waals surface area contributed by atoms with Crippen LogP contribution in [0.3, 0.4) is 0 Å². The molecule has 0 spiro atoms. The Hall–Kier alpha value is -2.63. The Bertz CT molecular complexity index is 810. The lowest BCUT2D eigenvalue weighted by Crippen LogP contribution is -2.40. The average Bonchev–Trinajstić information content (AvgIpc) is 3.45. The summed E-state index contributed by atoms with van der Waals surface area (Å²) in [6, 6.07) is 7.03. The lowest BCUT2D eigenvalue weighted by Gasteiger charge is -2.37. The molecule has 0 aromatic heterocycles. The normalized spacial score (nSPS) is 35.1. The van der Waals surface area contributed by atoms with Gasteiger partial charge >= 0.3 is 0 Å². The Labute approximate surface area is 157 Å². The van der Waals surface area contributed by atoms with E-state index in [1.165, 1.54) is 4.90 Å². The highest BCUT2D eigenvalue weighted by Gasteiger charge is 2.67. The molecule has 1 aromatic rings. The van der Waals surface area contributed by atoms with Crippen LogP contribution in [0.1, 0.15) is 13.3 Å². The Morgan fingerprint density at radius 1 is 1.07 bits per heavy atom. The molecule has 1 aromatic carbocycles. The van der Waals surface area contributed by atoms with E-state index in [0.29, 0.717) is 24.1 Å². The number of nitrogens with zero attached hydrogens (tertiary/aromatic N) is 1. The molecule has 6 atom stereocenters. The lowest BCUT2D eigenvalue weighted by atomic mass is 9.63. The summed E-state index contributed by atoms with van der Waals surface area (Å²) in [4.78, 5) is 39.4. The van der Waals surface area contributed by atoms with Gasteiger partial charge in [-0.05, 0) is 61.3 Å². The molecular formula is C21H22N2O4. The predicted octanol–water partition coefficient (Wildman–Crippen LogP) is 2.08. The van der Waals surface area contributed by atoms with Gasteiger partial charge in [0.05, 0.1) is 18.4 Å². The van der Waals surface area contributed by atoms with E-state index in [-0.39, 0.29) is 47.9 Å². The van der Waals surface area contributed by atoms with Crippen molar-refractivity contribution in [2.45, 2.75) is 13.3 Å².